The molecule has 2 heterocycles. The highest BCUT2D eigenvalue weighted by Crippen LogP contribution is 2.28. The fourth-order valence-electron chi connectivity index (χ4n) is 1.88. The Morgan fingerprint density at radius 1 is 1.37 bits per heavy atom. The molecule has 0 fully saturated rings. The Bertz CT molecular complexity index is 568. The Morgan fingerprint density at radius 2 is 2.21 bits per heavy atom. The lowest BCUT2D eigenvalue weighted by atomic mass is 10.2. The lowest BCUT2D eigenvalue weighted by Gasteiger charge is -2.05. The average molecular weight is 279 g/mol. The number of carboxylic acid groups (broad SMARTS) is 1. The first-order chi connectivity index (χ1) is 9.18. The minimum Gasteiger partial charge on any atom is -0.481 e. The highest BCUT2D eigenvalue weighted by Gasteiger charge is 2.07. The predicted octanol–water partition coefficient (Wildman–Crippen LogP) is 3.06. The predicted molar refractivity (Wildman–Crippen MR) is 76.7 cm³/mol. The molecule has 0 saturated heterocycles. The van der Waals surface area contributed by atoms with Gasteiger partial charge in [-0.05, 0) is 30.7 Å². The number of carbonyl (C=O) groups is 1. The third-order valence-electron chi connectivity index (χ3n) is 2.89. The molecule has 2 aromatic rings. The number of aryl methyl sites for hydroxylation is 1. The number of unbranched alkanes of at least 4 members (excludes halogenated alkanes) is 2. The maximum absolute atomic E-state index is 10.4. The molecule has 2 rings (SSSR count). The molecule has 0 bridgehead atoms. The first-order valence-corrected chi connectivity index (χ1v) is 7.21. The number of carboxylic acids is 1. The van der Waals surface area contributed by atoms with Crippen molar-refractivity contribution in [2.24, 2.45) is 0 Å². The number of aromatic nitrogens is 2. The van der Waals surface area contributed by atoms with Crippen molar-refractivity contribution in [3.63, 3.8) is 0 Å². The van der Waals surface area contributed by atoms with Crippen molar-refractivity contribution in [1.82, 2.24) is 9.97 Å². The van der Waals surface area contributed by atoms with Crippen molar-refractivity contribution in [3.05, 3.63) is 17.3 Å². The van der Waals surface area contributed by atoms with Crippen LogP contribution < -0.4 is 5.32 Å². The van der Waals surface area contributed by atoms with E-state index < -0.39 is 5.97 Å². The maximum atomic E-state index is 10.4. The number of fused-ring (bicyclic) bond motifs is 1. The van der Waals surface area contributed by atoms with Crippen molar-refractivity contribution in [2.45, 2.75) is 32.6 Å². The third-order valence-corrected chi connectivity index (χ3v) is 3.98. The summed E-state index contributed by atoms with van der Waals surface area (Å²) in [5, 5.41) is 13.9. The van der Waals surface area contributed by atoms with E-state index >= 15 is 0 Å². The van der Waals surface area contributed by atoms with E-state index in [9.17, 15) is 4.79 Å². The molecular formula is C13H17N3O2S. The van der Waals surface area contributed by atoms with Gasteiger partial charge < -0.3 is 10.4 Å². The molecule has 0 aliphatic carbocycles. The summed E-state index contributed by atoms with van der Waals surface area (Å²) in [6, 6.07) is 0. The lowest BCUT2D eigenvalue weighted by molar-refractivity contribution is -0.137. The van der Waals surface area contributed by atoms with Crippen LogP contribution in [0.15, 0.2) is 11.7 Å². The third kappa shape index (κ3) is 3.64. The number of anilines is 1. The average Bonchev–Trinajstić information content (AvgIpc) is 2.76. The molecule has 0 spiro atoms. The van der Waals surface area contributed by atoms with Crippen LogP contribution in [-0.2, 0) is 4.79 Å². The van der Waals surface area contributed by atoms with Gasteiger partial charge in [0.25, 0.3) is 0 Å². The first kappa shape index (κ1) is 13.7. The summed E-state index contributed by atoms with van der Waals surface area (Å²) in [6.45, 7) is 2.85. The second kappa shape index (κ2) is 6.47. The molecule has 5 nitrogen and oxygen atoms in total. The molecule has 0 radical (unpaired) electrons. The van der Waals surface area contributed by atoms with Crippen LogP contribution in [0.2, 0.25) is 0 Å². The Morgan fingerprint density at radius 3 is 3.00 bits per heavy atom. The van der Waals surface area contributed by atoms with Gasteiger partial charge in [0.2, 0.25) is 0 Å². The molecule has 0 aromatic carbocycles. The van der Waals surface area contributed by atoms with Gasteiger partial charge in [-0.1, -0.05) is 6.42 Å². The van der Waals surface area contributed by atoms with Crippen LogP contribution in [0.4, 0.5) is 5.82 Å². The van der Waals surface area contributed by atoms with Crippen LogP contribution in [0.5, 0.6) is 0 Å². The quantitative estimate of drug-likeness (QED) is 0.762. The van der Waals surface area contributed by atoms with Gasteiger partial charge in [-0.25, -0.2) is 9.97 Å². The summed E-state index contributed by atoms with van der Waals surface area (Å²) in [7, 11) is 0. The molecule has 19 heavy (non-hydrogen) atoms. The molecule has 0 unspecified atom stereocenters. The topological polar surface area (TPSA) is 75.1 Å². The zero-order chi connectivity index (χ0) is 13.7. The van der Waals surface area contributed by atoms with Crippen LogP contribution in [0.3, 0.4) is 0 Å². The van der Waals surface area contributed by atoms with Crippen LogP contribution in [0.1, 0.15) is 31.2 Å². The molecular weight excluding hydrogens is 262 g/mol. The minimum atomic E-state index is -0.723. The first-order valence-electron chi connectivity index (χ1n) is 6.33. The number of thiophene rings is 1. The van der Waals surface area contributed by atoms with Gasteiger partial charge in [0, 0.05) is 13.0 Å². The van der Waals surface area contributed by atoms with Gasteiger partial charge >= 0.3 is 5.97 Å². The van der Waals surface area contributed by atoms with Gasteiger partial charge in [0.05, 0.1) is 10.2 Å². The van der Waals surface area contributed by atoms with Crippen molar-refractivity contribution in [3.8, 4) is 0 Å². The van der Waals surface area contributed by atoms with Gasteiger partial charge in [-0.15, -0.1) is 11.3 Å². The minimum absolute atomic E-state index is 0.252. The van der Waals surface area contributed by atoms with E-state index in [0.29, 0.717) is 0 Å². The van der Waals surface area contributed by atoms with E-state index in [1.54, 1.807) is 17.7 Å². The number of aliphatic carboxylic acids is 1. The summed E-state index contributed by atoms with van der Waals surface area (Å²) in [4.78, 5) is 18.9. The van der Waals surface area contributed by atoms with E-state index in [-0.39, 0.29) is 6.42 Å². The standard InChI is InChI=1S/C13H17N3O2S/c1-9-7-19-12-11(9)15-8-16-13(12)14-6-4-2-3-5-10(17)18/h7-8H,2-6H2,1H3,(H,17,18)(H,14,15,16). The van der Waals surface area contributed by atoms with Crippen molar-refractivity contribution >= 4 is 33.3 Å². The van der Waals surface area contributed by atoms with E-state index in [0.717, 1.165) is 41.8 Å². The van der Waals surface area contributed by atoms with Gasteiger partial charge in [0.1, 0.15) is 12.1 Å². The highest BCUT2D eigenvalue weighted by atomic mass is 32.1. The van der Waals surface area contributed by atoms with E-state index in [4.69, 9.17) is 5.11 Å². The van der Waals surface area contributed by atoms with E-state index in [2.05, 4.69) is 20.7 Å². The number of nitrogens with one attached hydrogen (secondary N) is 1. The Hall–Kier alpha value is -1.69. The van der Waals surface area contributed by atoms with Gasteiger partial charge in [-0.3, -0.25) is 4.79 Å². The van der Waals surface area contributed by atoms with Gasteiger partial charge in [-0.2, -0.15) is 0 Å². The van der Waals surface area contributed by atoms with Crippen molar-refractivity contribution in [1.29, 1.82) is 0 Å². The molecule has 102 valence electrons. The molecule has 0 saturated carbocycles. The number of rotatable bonds is 7. The number of hydrogen-bond donors (Lipinski definition) is 2. The van der Waals surface area contributed by atoms with Crippen LogP contribution in [0, 0.1) is 6.92 Å². The largest absolute Gasteiger partial charge is 0.481 e. The molecule has 0 aliphatic heterocycles. The Labute approximate surface area is 115 Å². The second-order valence-corrected chi connectivity index (χ2v) is 5.33. The van der Waals surface area contributed by atoms with Crippen molar-refractivity contribution in [2.75, 3.05) is 11.9 Å². The highest BCUT2D eigenvalue weighted by molar-refractivity contribution is 7.18. The van der Waals surface area contributed by atoms with E-state index in [1.807, 2.05) is 6.92 Å². The molecule has 0 atom stereocenters. The fraction of sp³-hybridized carbons (Fsp3) is 0.462. The Balaban J connectivity index is 1.83. The fourth-order valence-corrected chi connectivity index (χ4v) is 2.85. The molecule has 6 heteroatoms. The maximum Gasteiger partial charge on any atom is 0.303 e. The van der Waals surface area contributed by atoms with Crippen LogP contribution in [0.25, 0.3) is 10.2 Å². The van der Waals surface area contributed by atoms with Gasteiger partial charge in [0.15, 0.2) is 0 Å². The summed E-state index contributed by atoms with van der Waals surface area (Å²) >= 11 is 1.65. The summed E-state index contributed by atoms with van der Waals surface area (Å²) in [5.74, 6) is 0.154. The lowest BCUT2D eigenvalue weighted by Crippen LogP contribution is -2.04. The zero-order valence-corrected chi connectivity index (χ0v) is 11.7. The smallest absolute Gasteiger partial charge is 0.303 e. The van der Waals surface area contributed by atoms with Crippen LogP contribution >= 0.6 is 11.3 Å². The zero-order valence-electron chi connectivity index (χ0n) is 10.8. The summed E-state index contributed by atoms with van der Waals surface area (Å²) < 4.78 is 1.09. The summed E-state index contributed by atoms with van der Waals surface area (Å²) in [6.07, 6.45) is 4.42. The van der Waals surface area contributed by atoms with Crippen LogP contribution in [-0.4, -0.2) is 27.6 Å². The normalized spacial score (nSPS) is 10.8. The monoisotopic (exact) mass is 279 g/mol. The number of hydrogen-bond acceptors (Lipinski definition) is 5. The second-order valence-electron chi connectivity index (χ2n) is 4.45. The summed E-state index contributed by atoms with van der Waals surface area (Å²) in [5.41, 5.74) is 2.18. The Kier molecular flexibility index (Phi) is 4.68. The molecule has 0 amide bonds. The van der Waals surface area contributed by atoms with Crippen molar-refractivity contribution < 1.29 is 9.90 Å². The number of nitrogens with zero attached hydrogens (tertiary/aromatic N) is 2. The SMILES string of the molecule is Cc1csc2c(NCCCCCC(=O)O)ncnc12. The van der Waals surface area contributed by atoms with E-state index in [1.165, 1.54) is 5.56 Å². The molecule has 2 aromatic heterocycles. The molecule has 2 N–H and O–H groups in total. The molecule has 0 aliphatic rings.